The van der Waals surface area contributed by atoms with E-state index < -0.39 is 0 Å². The van der Waals surface area contributed by atoms with Gasteiger partial charge in [0.2, 0.25) is 0 Å². The second-order valence-corrected chi connectivity index (χ2v) is 7.10. The maximum absolute atomic E-state index is 5.82. The van der Waals surface area contributed by atoms with Gasteiger partial charge >= 0.3 is 0 Å². The van der Waals surface area contributed by atoms with E-state index in [2.05, 4.69) is 72.5 Å². The molecule has 29 heavy (non-hydrogen) atoms. The number of nitrogen functional groups attached to an aromatic ring is 1. The van der Waals surface area contributed by atoms with E-state index in [0.717, 1.165) is 37.4 Å². The molecule has 3 nitrogen and oxygen atoms in total. The van der Waals surface area contributed by atoms with Crippen LogP contribution in [0.15, 0.2) is 78.9 Å². The van der Waals surface area contributed by atoms with E-state index in [4.69, 9.17) is 10.5 Å². The minimum Gasteiger partial charge on any atom is -0.497 e. The van der Waals surface area contributed by atoms with Crippen molar-refractivity contribution in [1.82, 2.24) is 4.90 Å². The molecular formula is C25H31ClN2O. The van der Waals surface area contributed by atoms with Gasteiger partial charge in [0, 0.05) is 18.3 Å². The van der Waals surface area contributed by atoms with Gasteiger partial charge in [0.25, 0.3) is 0 Å². The quantitative estimate of drug-likeness (QED) is 0.470. The molecule has 3 rings (SSSR count). The topological polar surface area (TPSA) is 38.5 Å². The summed E-state index contributed by atoms with van der Waals surface area (Å²) < 4.78 is 5.48. The first-order valence-corrected chi connectivity index (χ1v) is 9.96. The molecule has 3 aromatic rings. The fraction of sp³-hybridized carbons (Fsp3) is 0.280. The summed E-state index contributed by atoms with van der Waals surface area (Å²) in [5.74, 6) is 0.908. The Morgan fingerprint density at radius 3 is 2.28 bits per heavy atom. The van der Waals surface area contributed by atoms with Gasteiger partial charge in [0.05, 0.1) is 7.11 Å². The minimum absolute atomic E-state index is 0. The van der Waals surface area contributed by atoms with Gasteiger partial charge in [-0.3, -0.25) is 4.90 Å². The Kier molecular flexibility index (Phi) is 9.04. The van der Waals surface area contributed by atoms with E-state index in [9.17, 15) is 0 Å². The Bertz CT molecular complexity index is 852. The monoisotopic (exact) mass is 410 g/mol. The van der Waals surface area contributed by atoms with Gasteiger partial charge in [0.1, 0.15) is 5.75 Å². The van der Waals surface area contributed by atoms with Crippen molar-refractivity contribution in [2.75, 3.05) is 25.9 Å². The predicted octanol–water partition coefficient (Wildman–Crippen LogP) is 5.55. The zero-order chi connectivity index (χ0) is 19.8. The Balaban J connectivity index is 0.00000300. The van der Waals surface area contributed by atoms with E-state index in [1.54, 1.807) is 7.11 Å². The van der Waals surface area contributed by atoms with Gasteiger partial charge in [-0.2, -0.15) is 0 Å². The number of likely N-dealkylation sites (N-methyl/N-ethyl adjacent to an activating group) is 1. The first-order chi connectivity index (χ1) is 13.7. The fourth-order valence-electron chi connectivity index (χ4n) is 3.64. The Morgan fingerprint density at radius 2 is 1.62 bits per heavy atom. The van der Waals surface area contributed by atoms with Crippen molar-refractivity contribution < 1.29 is 4.74 Å². The summed E-state index contributed by atoms with van der Waals surface area (Å²) in [7, 11) is 1.73. The third-order valence-corrected chi connectivity index (χ3v) is 5.26. The molecule has 0 fully saturated rings. The minimum atomic E-state index is 0. The van der Waals surface area contributed by atoms with E-state index in [1.165, 1.54) is 16.7 Å². The van der Waals surface area contributed by atoms with Crippen LogP contribution in [0.1, 0.15) is 29.7 Å². The second-order valence-electron chi connectivity index (χ2n) is 7.10. The molecule has 0 amide bonds. The number of methoxy groups -OCH3 is 1. The average Bonchev–Trinajstić information content (AvgIpc) is 2.75. The summed E-state index contributed by atoms with van der Waals surface area (Å²) in [6, 6.07) is 27.7. The van der Waals surface area contributed by atoms with Crippen LogP contribution in [0.5, 0.6) is 5.75 Å². The van der Waals surface area contributed by atoms with Gasteiger partial charge in [-0.25, -0.2) is 0 Å². The van der Waals surface area contributed by atoms with E-state index in [-0.39, 0.29) is 12.4 Å². The zero-order valence-electron chi connectivity index (χ0n) is 17.3. The highest BCUT2D eigenvalue weighted by molar-refractivity contribution is 5.85. The predicted molar refractivity (Wildman–Crippen MR) is 125 cm³/mol. The smallest absolute Gasteiger partial charge is 0.119 e. The lowest BCUT2D eigenvalue weighted by molar-refractivity contribution is 0.208. The molecule has 1 unspecified atom stereocenters. The standard InChI is InChI=1S/C25H30N2O.ClH/c1-3-27(17-16-20-12-14-23(26)15-13-20)25(18-21-8-5-4-6-9-21)22-10-7-11-24(19-22)28-2;/h4-15,19,25H,3,16-18,26H2,1-2H3;1H. The van der Waals surface area contributed by atoms with Crippen molar-refractivity contribution in [3.8, 4) is 5.75 Å². The summed E-state index contributed by atoms with van der Waals surface area (Å²) in [5, 5.41) is 0. The first kappa shape index (κ1) is 22.8. The fourth-order valence-corrected chi connectivity index (χ4v) is 3.64. The number of ether oxygens (including phenoxy) is 1. The third kappa shape index (κ3) is 6.52. The lowest BCUT2D eigenvalue weighted by atomic mass is 9.96. The molecule has 1 atom stereocenters. The number of rotatable bonds is 9. The highest BCUT2D eigenvalue weighted by Crippen LogP contribution is 2.28. The van der Waals surface area contributed by atoms with Crippen molar-refractivity contribution in [2.45, 2.75) is 25.8 Å². The molecule has 0 aliphatic rings. The van der Waals surface area contributed by atoms with Gasteiger partial charge in [0.15, 0.2) is 0 Å². The molecule has 0 aromatic heterocycles. The van der Waals surface area contributed by atoms with Crippen molar-refractivity contribution in [3.05, 3.63) is 95.6 Å². The number of nitrogens with zero attached hydrogens (tertiary/aromatic N) is 1. The Hall–Kier alpha value is -2.49. The van der Waals surface area contributed by atoms with Gasteiger partial charge in [-0.05, 0) is 60.3 Å². The Morgan fingerprint density at radius 1 is 0.897 bits per heavy atom. The molecule has 154 valence electrons. The van der Waals surface area contributed by atoms with Crippen LogP contribution in [0, 0.1) is 0 Å². The van der Waals surface area contributed by atoms with E-state index in [1.807, 2.05) is 18.2 Å². The molecular weight excluding hydrogens is 380 g/mol. The number of hydrogen-bond acceptors (Lipinski definition) is 3. The molecule has 0 aliphatic heterocycles. The zero-order valence-corrected chi connectivity index (χ0v) is 18.1. The average molecular weight is 411 g/mol. The maximum atomic E-state index is 5.82. The highest BCUT2D eigenvalue weighted by atomic mass is 35.5. The summed E-state index contributed by atoms with van der Waals surface area (Å²) in [4.78, 5) is 2.55. The lowest BCUT2D eigenvalue weighted by Crippen LogP contribution is -2.32. The van der Waals surface area contributed by atoms with Gasteiger partial charge < -0.3 is 10.5 Å². The van der Waals surface area contributed by atoms with E-state index >= 15 is 0 Å². The van der Waals surface area contributed by atoms with E-state index in [0.29, 0.717) is 6.04 Å². The van der Waals surface area contributed by atoms with Crippen LogP contribution in [0.3, 0.4) is 0 Å². The second kappa shape index (κ2) is 11.5. The molecule has 0 bridgehead atoms. The molecule has 3 aromatic carbocycles. The third-order valence-electron chi connectivity index (χ3n) is 5.26. The molecule has 0 saturated heterocycles. The van der Waals surface area contributed by atoms with Crippen molar-refractivity contribution >= 4 is 18.1 Å². The molecule has 2 N–H and O–H groups in total. The van der Waals surface area contributed by atoms with Gasteiger partial charge in [-0.1, -0.05) is 61.5 Å². The van der Waals surface area contributed by atoms with Crippen LogP contribution >= 0.6 is 12.4 Å². The number of hydrogen-bond donors (Lipinski definition) is 1. The van der Waals surface area contributed by atoms with Crippen LogP contribution < -0.4 is 10.5 Å². The molecule has 0 heterocycles. The van der Waals surface area contributed by atoms with Crippen molar-refractivity contribution in [3.63, 3.8) is 0 Å². The first-order valence-electron chi connectivity index (χ1n) is 9.96. The molecule has 0 spiro atoms. The largest absolute Gasteiger partial charge is 0.497 e. The summed E-state index contributed by atoms with van der Waals surface area (Å²) in [5.41, 5.74) is 10.6. The summed E-state index contributed by atoms with van der Waals surface area (Å²) in [6.07, 6.45) is 1.98. The summed E-state index contributed by atoms with van der Waals surface area (Å²) >= 11 is 0. The SMILES string of the molecule is CCN(CCc1ccc(N)cc1)C(Cc1ccccc1)c1cccc(OC)c1.Cl. The van der Waals surface area contributed by atoms with Crippen molar-refractivity contribution in [1.29, 1.82) is 0 Å². The van der Waals surface area contributed by atoms with Crippen molar-refractivity contribution in [2.24, 2.45) is 0 Å². The van der Waals surface area contributed by atoms with Crippen LogP contribution in [-0.4, -0.2) is 25.1 Å². The van der Waals surface area contributed by atoms with Gasteiger partial charge in [-0.15, -0.1) is 12.4 Å². The number of nitrogens with two attached hydrogens (primary N) is 1. The van der Waals surface area contributed by atoms with Crippen LogP contribution in [0.4, 0.5) is 5.69 Å². The summed E-state index contributed by atoms with van der Waals surface area (Å²) in [6.45, 7) is 4.22. The maximum Gasteiger partial charge on any atom is 0.119 e. The molecule has 4 heteroatoms. The molecule has 0 radical (unpaired) electrons. The van der Waals surface area contributed by atoms with Crippen LogP contribution in [0.25, 0.3) is 0 Å². The normalized spacial score (nSPS) is 11.7. The Labute approximate surface area is 180 Å². The number of anilines is 1. The molecule has 0 aliphatic carbocycles. The molecule has 0 saturated carbocycles. The lowest BCUT2D eigenvalue weighted by Gasteiger charge is -2.32. The number of halogens is 1. The van der Waals surface area contributed by atoms with Crippen LogP contribution in [-0.2, 0) is 12.8 Å². The van der Waals surface area contributed by atoms with Crippen LogP contribution in [0.2, 0.25) is 0 Å². The highest BCUT2D eigenvalue weighted by Gasteiger charge is 2.20. The number of benzene rings is 3.